The minimum Gasteiger partial charge on any atom is -0.311 e. The molecule has 2 atom stereocenters. The molecular weight excluding hydrogens is 270 g/mol. The second-order valence-electron chi connectivity index (χ2n) is 5.36. The first kappa shape index (κ1) is 15.0. The van der Waals surface area contributed by atoms with Crippen molar-refractivity contribution < 1.29 is 9.72 Å². The van der Waals surface area contributed by atoms with Crippen LogP contribution in [0.2, 0.25) is 0 Å². The highest BCUT2D eigenvalue weighted by Gasteiger charge is 2.54. The summed E-state index contributed by atoms with van der Waals surface area (Å²) in [5.41, 5.74) is 2.86. The first-order valence-electron chi connectivity index (χ1n) is 6.84. The summed E-state index contributed by atoms with van der Waals surface area (Å²) < 4.78 is 0. The number of anilines is 1. The van der Waals surface area contributed by atoms with Gasteiger partial charge in [0.1, 0.15) is 5.92 Å². The maximum atomic E-state index is 12.4. The van der Waals surface area contributed by atoms with E-state index in [-0.39, 0.29) is 18.9 Å². The summed E-state index contributed by atoms with van der Waals surface area (Å²) in [7, 11) is 0. The van der Waals surface area contributed by atoms with Gasteiger partial charge in [0.25, 0.3) is 0 Å². The Hall–Kier alpha value is -2.42. The van der Waals surface area contributed by atoms with E-state index in [2.05, 4.69) is 0 Å². The Labute approximate surface area is 123 Å². The molecule has 1 saturated carbocycles. The smallest absolute Gasteiger partial charge is 0.237 e. The maximum absolute atomic E-state index is 12.4. The highest BCUT2D eigenvalue weighted by atomic mass is 16.6. The first-order chi connectivity index (χ1) is 9.95. The Balaban J connectivity index is 2.22. The average molecular weight is 287 g/mol. The zero-order valence-electron chi connectivity index (χ0n) is 12.1. The van der Waals surface area contributed by atoms with Gasteiger partial charge in [0.2, 0.25) is 11.9 Å². The van der Waals surface area contributed by atoms with Gasteiger partial charge in [0.15, 0.2) is 0 Å². The van der Waals surface area contributed by atoms with Crippen LogP contribution >= 0.6 is 0 Å². The summed E-state index contributed by atoms with van der Waals surface area (Å²) in [5.74, 6) is -0.810. The molecule has 0 bridgehead atoms. The number of hydrogen-bond donors (Lipinski definition) is 0. The fourth-order valence-corrected chi connectivity index (χ4v) is 2.30. The van der Waals surface area contributed by atoms with Crippen molar-refractivity contribution in [2.45, 2.75) is 32.7 Å². The number of nitriles is 1. The van der Waals surface area contributed by atoms with Gasteiger partial charge in [0, 0.05) is 23.6 Å². The van der Waals surface area contributed by atoms with Crippen molar-refractivity contribution in [2.24, 2.45) is 5.92 Å². The van der Waals surface area contributed by atoms with Crippen LogP contribution in [0.15, 0.2) is 18.2 Å². The predicted molar refractivity (Wildman–Crippen MR) is 77.4 cm³/mol. The van der Waals surface area contributed by atoms with Crippen LogP contribution in [0.3, 0.4) is 0 Å². The van der Waals surface area contributed by atoms with Gasteiger partial charge in [-0.1, -0.05) is 6.07 Å². The molecule has 1 aromatic carbocycles. The third-order valence-electron chi connectivity index (χ3n) is 3.86. The quantitative estimate of drug-likeness (QED) is 0.613. The van der Waals surface area contributed by atoms with Gasteiger partial charge in [-0.2, -0.15) is 5.26 Å². The lowest BCUT2D eigenvalue weighted by Crippen LogP contribution is -2.34. The highest BCUT2D eigenvalue weighted by molar-refractivity contribution is 5.97. The lowest BCUT2D eigenvalue weighted by Gasteiger charge is -2.22. The molecule has 0 unspecified atom stereocenters. The van der Waals surface area contributed by atoms with Gasteiger partial charge in [-0.3, -0.25) is 14.9 Å². The number of aryl methyl sites for hydroxylation is 2. The number of hydrogen-bond acceptors (Lipinski definition) is 4. The molecule has 110 valence electrons. The van der Waals surface area contributed by atoms with E-state index in [4.69, 9.17) is 5.26 Å². The molecule has 6 heteroatoms. The summed E-state index contributed by atoms with van der Waals surface area (Å²) in [6.45, 7) is 4.19. The van der Waals surface area contributed by atoms with E-state index in [1.807, 2.05) is 38.1 Å². The van der Waals surface area contributed by atoms with E-state index in [1.165, 1.54) is 4.90 Å². The van der Waals surface area contributed by atoms with Crippen LogP contribution in [0.5, 0.6) is 0 Å². The molecule has 1 aliphatic rings. The Morgan fingerprint density at radius 3 is 2.71 bits per heavy atom. The lowest BCUT2D eigenvalue weighted by molar-refractivity contribution is -0.497. The molecule has 1 amide bonds. The summed E-state index contributed by atoms with van der Waals surface area (Å²) in [5, 5.41) is 19.5. The van der Waals surface area contributed by atoms with Crippen molar-refractivity contribution >= 4 is 11.6 Å². The van der Waals surface area contributed by atoms with E-state index in [0.717, 1.165) is 11.1 Å². The molecule has 6 nitrogen and oxygen atoms in total. The molecule has 0 radical (unpaired) electrons. The third kappa shape index (κ3) is 3.19. The van der Waals surface area contributed by atoms with Crippen molar-refractivity contribution in [3.63, 3.8) is 0 Å². The molecule has 1 aliphatic carbocycles. The van der Waals surface area contributed by atoms with Gasteiger partial charge < -0.3 is 4.90 Å². The number of nitrogens with zero attached hydrogens (tertiary/aromatic N) is 3. The number of benzene rings is 1. The number of amides is 1. The Bertz CT molecular complexity index is 621. The number of nitro groups is 1. The van der Waals surface area contributed by atoms with Crippen LogP contribution in [0.4, 0.5) is 5.69 Å². The van der Waals surface area contributed by atoms with Gasteiger partial charge in [-0.25, -0.2) is 0 Å². The Morgan fingerprint density at radius 2 is 2.19 bits per heavy atom. The van der Waals surface area contributed by atoms with Crippen LogP contribution in [0, 0.1) is 41.2 Å². The van der Waals surface area contributed by atoms with Crippen molar-refractivity contribution in [1.82, 2.24) is 0 Å². The van der Waals surface area contributed by atoms with E-state index in [0.29, 0.717) is 12.1 Å². The average Bonchev–Trinajstić information content (AvgIpc) is 3.23. The molecule has 0 aliphatic heterocycles. The van der Waals surface area contributed by atoms with Crippen molar-refractivity contribution in [3.8, 4) is 6.07 Å². The summed E-state index contributed by atoms with van der Waals surface area (Å²) in [6.07, 6.45) is 0.494. The van der Waals surface area contributed by atoms with Crippen molar-refractivity contribution in [1.29, 1.82) is 5.26 Å². The minimum absolute atomic E-state index is 0.203. The Kier molecular flexibility index (Phi) is 4.22. The largest absolute Gasteiger partial charge is 0.311 e. The van der Waals surface area contributed by atoms with Gasteiger partial charge in [-0.15, -0.1) is 0 Å². The van der Waals surface area contributed by atoms with Gasteiger partial charge in [-0.05, 0) is 37.1 Å². The molecule has 0 heterocycles. The topological polar surface area (TPSA) is 87.2 Å². The second-order valence-corrected chi connectivity index (χ2v) is 5.36. The molecule has 1 fully saturated rings. The van der Waals surface area contributed by atoms with Crippen LogP contribution in [-0.4, -0.2) is 23.4 Å². The molecule has 2 rings (SSSR count). The predicted octanol–water partition coefficient (Wildman–Crippen LogP) is 2.22. The van der Waals surface area contributed by atoms with Crippen LogP contribution < -0.4 is 4.90 Å². The van der Waals surface area contributed by atoms with E-state index in [9.17, 15) is 14.9 Å². The SMILES string of the molecule is Cc1ccc(N(CCC#N)C(=O)[C@@H]2C[C@H]2[N+](=O)[O-])cc1C. The number of carbonyl (C=O) groups excluding carboxylic acids is 1. The lowest BCUT2D eigenvalue weighted by atomic mass is 10.1. The molecule has 0 aromatic heterocycles. The Morgan fingerprint density at radius 1 is 1.48 bits per heavy atom. The van der Waals surface area contributed by atoms with Crippen LogP contribution in [0.1, 0.15) is 24.0 Å². The number of rotatable bonds is 5. The zero-order chi connectivity index (χ0) is 15.6. The minimum atomic E-state index is -0.770. The van der Waals surface area contributed by atoms with E-state index < -0.39 is 16.9 Å². The summed E-state index contributed by atoms with van der Waals surface area (Å²) in [4.78, 5) is 24.3. The molecule has 0 spiro atoms. The van der Waals surface area contributed by atoms with Gasteiger partial charge in [0.05, 0.1) is 12.5 Å². The fraction of sp³-hybridized carbons (Fsp3) is 0.467. The van der Waals surface area contributed by atoms with E-state index in [1.54, 1.807) is 0 Å². The highest BCUT2D eigenvalue weighted by Crippen LogP contribution is 2.36. The van der Waals surface area contributed by atoms with Gasteiger partial charge >= 0.3 is 0 Å². The summed E-state index contributed by atoms with van der Waals surface area (Å²) >= 11 is 0. The molecule has 0 N–H and O–H groups in total. The third-order valence-corrected chi connectivity index (χ3v) is 3.86. The number of carbonyl (C=O) groups is 1. The molecule has 21 heavy (non-hydrogen) atoms. The maximum Gasteiger partial charge on any atom is 0.237 e. The van der Waals surface area contributed by atoms with Crippen LogP contribution in [-0.2, 0) is 4.79 Å². The second kappa shape index (κ2) is 5.92. The van der Waals surface area contributed by atoms with Crippen molar-refractivity contribution in [2.75, 3.05) is 11.4 Å². The van der Waals surface area contributed by atoms with Crippen molar-refractivity contribution in [3.05, 3.63) is 39.4 Å². The first-order valence-corrected chi connectivity index (χ1v) is 6.84. The fourth-order valence-electron chi connectivity index (χ4n) is 2.30. The zero-order valence-corrected chi connectivity index (χ0v) is 12.1. The summed E-state index contributed by atoms with van der Waals surface area (Å²) in [6, 6.07) is 6.86. The standard InChI is InChI=1S/C15H17N3O3/c1-10-4-5-12(8-11(10)2)17(7-3-6-16)15(19)13-9-14(13)18(20)21/h4-5,8,13-14H,3,7,9H2,1-2H3/t13-,14-/m1/s1. The molecular formula is C15H17N3O3. The normalized spacial score (nSPS) is 19.7. The monoisotopic (exact) mass is 287 g/mol. The van der Waals surface area contributed by atoms with Crippen LogP contribution in [0.25, 0.3) is 0 Å². The molecule has 1 aromatic rings. The van der Waals surface area contributed by atoms with E-state index >= 15 is 0 Å². The molecule has 0 saturated heterocycles.